The van der Waals surface area contributed by atoms with E-state index in [2.05, 4.69) is 0 Å². The monoisotopic (exact) mass is 284 g/mol. The SMILES string of the molecule is Cc1ccsc1C(C)(O)Cc1cccc(F)c1Cl. The van der Waals surface area contributed by atoms with Crippen molar-refractivity contribution in [2.24, 2.45) is 0 Å². The summed E-state index contributed by atoms with van der Waals surface area (Å²) in [5.41, 5.74) is 0.627. The molecule has 1 atom stereocenters. The number of halogens is 2. The molecule has 4 heteroatoms. The van der Waals surface area contributed by atoms with Crippen molar-refractivity contribution in [3.8, 4) is 0 Å². The van der Waals surface area contributed by atoms with Crippen LogP contribution in [0, 0.1) is 12.7 Å². The van der Waals surface area contributed by atoms with Gasteiger partial charge in [0.15, 0.2) is 0 Å². The summed E-state index contributed by atoms with van der Waals surface area (Å²) < 4.78 is 13.4. The Balaban J connectivity index is 2.33. The molecule has 0 aliphatic rings. The van der Waals surface area contributed by atoms with Crippen molar-refractivity contribution in [1.82, 2.24) is 0 Å². The average molecular weight is 285 g/mol. The zero-order valence-electron chi connectivity index (χ0n) is 10.2. The van der Waals surface area contributed by atoms with Gasteiger partial charge in [-0.1, -0.05) is 23.7 Å². The molecule has 0 spiro atoms. The summed E-state index contributed by atoms with van der Waals surface area (Å²) in [7, 11) is 0. The molecule has 0 aliphatic heterocycles. The maximum absolute atomic E-state index is 13.4. The molecule has 0 saturated heterocycles. The summed E-state index contributed by atoms with van der Waals surface area (Å²) in [5, 5.41) is 12.6. The van der Waals surface area contributed by atoms with Gasteiger partial charge in [0.05, 0.1) is 5.02 Å². The van der Waals surface area contributed by atoms with E-state index in [9.17, 15) is 9.50 Å². The average Bonchev–Trinajstić information content (AvgIpc) is 2.72. The van der Waals surface area contributed by atoms with E-state index in [1.807, 2.05) is 18.4 Å². The van der Waals surface area contributed by atoms with Gasteiger partial charge < -0.3 is 5.11 Å². The zero-order chi connectivity index (χ0) is 13.3. The van der Waals surface area contributed by atoms with Crippen molar-refractivity contribution < 1.29 is 9.50 Å². The Hall–Kier alpha value is -0.900. The van der Waals surface area contributed by atoms with E-state index >= 15 is 0 Å². The number of hydrogen-bond acceptors (Lipinski definition) is 2. The molecule has 0 aliphatic carbocycles. The van der Waals surface area contributed by atoms with Crippen LogP contribution in [0.5, 0.6) is 0 Å². The Morgan fingerprint density at radius 2 is 2.11 bits per heavy atom. The van der Waals surface area contributed by atoms with Crippen LogP contribution in [0.1, 0.15) is 22.9 Å². The highest BCUT2D eigenvalue weighted by molar-refractivity contribution is 7.10. The van der Waals surface area contributed by atoms with Crippen LogP contribution >= 0.6 is 22.9 Å². The van der Waals surface area contributed by atoms with Gasteiger partial charge in [-0.3, -0.25) is 0 Å². The van der Waals surface area contributed by atoms with Gasteiger partial charge in [0, 0.05) is 11.3 Å². The quantitative estimate of drug-likeness (QED) is 0.891. The standard InChI is InChI=1S/C14H14ClFOS/c1-9-6-7-18-13(9)14(2,17)8-10-4-3-5-11(16)12(10)15/h3-7,17H,8H2,1-2H3. The molecule has 1 aromatic carbocycles. The molecule has 2 aromatic rings. The summed E-state index contributed by atoms with van der Waals surface area (Å²) in [4.78, 5) is 0.892. The molecule has 1 aromatic heterocycles. The van der Waals surface area contributed by atoms with E-state index in [1.54, 1.807) is 19.1 Å². The van der Waals surface area contributed by atoms with Crippen molar-refractivity contribution in [1.29, 1.82) is 0 Å². The minimum absolute atomic E-state index is 0.0898. The first-order valence-electron chi connectivity index (χ1n) is 5.61. The molecule has 0 bridgehead atoms. The lowest BCUT2D eigenvalue weighted by atomic mass is 9.93. The van der Waals surface area contributed by atoms with Crippen LogP contribution in [0.15, 0.2) is 29.6 Å². The van der Waals surface area contributed by atoms with Crippen molar-refractivity contribution >= 4 is 22.9 Å². The zero-order valence-corrected chi connectivity index (χ0v) is 11.8. The third-order valence-electron chi connectivity index (χ3n) is 2.92. The van der Waals surface area contributed by atoms with E-state index in [0.717, 1.165) is 10.4 Å². The van der Waals surface area contributed by atoms with E-state index in [-0.39, 0.29) is 5.02 Å². The molecular formula is C14H14ClFOS. The Morgan fingerprint density at radius 1 is 1.39 bits per heavy atom. The molecule has 18 heavy (non-hydrogen) atoms. The first-order chi connectivity index (χ1) is 8.42. The maximum atomic E-state index is 13.4. The van der Waals surface area contributed by atoms with Gasteiger partial charge in [-0.15, -0.1) is 11.3 Å². The predicted octanol–water partition coefficient (Wildman–Crippen LogP) is 4.30. The molecule has 1 nitrogen and oxygen atoms in total. The largest absolute Gasteiger partial charge is 0.384 e. The van der Waals surface area contributed by atoms with Gasteiger partial charge >= 0.3 is 0 Å². The summed E-state index contributed by atoms with van der Waals surface area (Å²) in [5.74, 6) is -0.451. The molecule has 0 saturated carbocycles. The van der Waals surface area contributed by atoms with E-state index in [0.29, 0.717) is 12.0 Å². The number of benzene rings is 1. The highest BCUT2D eigenvalue weighted by atomic mass is 35.5. The van der Waals surface area contributed by atoms with Gasteiger partial charge in [-0.2, -0.15) is 0 Å². The van der Waals surface area contributed by atoms with E-state index < -0.39 is 11.4 Å². The van der Waals surface area contributed by atoms with Gasteiger partial charge in [-0.05, 0) is 42.5 Å². The van der Waals surface area contributed by atoms with Gasteiger partial charge in [0.2, 0.25) is 0 Å². The summed E-state index contributed by atoms with van der Waals surface area (Å²) in [6.07, 6.45) is 0.297. The first kappa shape index (κ1) is 13.5. The highest BCUT2D eigenvalue weighted by Crippen LogP contribution is 2.34. The Labute approximate surface area is 115 Å². The number of aryl methyl sites for hydroxylation is 1. The fourth-order valence-electron chi connectivity index (χ4n) is 2.06. The van der Waals surface area contributed by atoms with Crippen LogP contribution in [-0.4, -0.2) is 5.11 Å². The van der Waals surface area contributed by atoms with Crippen LogP contribution in [0.2, 0.25) is 5.02 Å². The fourth-order valence-corrected chi connectivity index (χ4v) is 3.24. The van der Waals surface area contributed by atoms with Crippen molar-refractivity contribution in [2.75, 3.05) is 0 Å². The molecular weight excluding hydrogens is 271 g/mol. The Morgan fingerprint density at radius 3 is 2.72 bits per heavy atom. The maximum Gasteiger partial charge on any atom is 0.142 e. The minimum Gasteiger partial charge on any atom is -0.384 e. The second kappa shape index (κ2) is 5.00. The van der Waals surface area contributed by atoms with Gasteiger partial charge in [0.1, 0.15) is 11.4 Å². The lowest BCUT2D eigenvalue weighted by molar-refractivity contribution is 0.0609. The third kappa shape index (κ3) is 2.58. The lowest BCUT2D eigenvalue weighted by Gasteiger charge is -2.23. The summed E-state index contributed by atoms with van der Waals surface area (Å²) >= 11 is 7.42. The summed E-state index contributed by atoms with van der Waals surface area (Å²) in [6, 6.07) is 6.62. The number of thiophene rings is 1. The minimum atomic E-state index is -1.03. The lowest BCUT2D eigenvalue weighted by Crippen LogP contribution is -2.24. The second-order valence-electron chi connectivity index (χ2n) is 4.60. The first-order valence-corrected chi connectivity index (χ1v) is 6.87. The molecule has 0 amide bonds. The Bertz CT molecular complexity index is 563. The molecule has 96 valence electrons. The molecule has 0 radical (unpaired) electrons. The highest BCUT2D eigenvalue weighted by Gasteiger charge is 2.27. The fraction of sp³-hybridized carbons (Fsp3) is 0.286. The van der Waals surface area contributed by atoms with E-state index in [1.165, 1.54) is 17.4 Å². The van der Waals surface area contributed by atoms with Crippen LogP contribution in [-0.2, 0) is 12.0 Å². The number of hydrogen-bond donors (Lipinski definition) is 1. The molecule has 1 N–H and O–H groups in total. The number of aliphatic hydroxyl groups is 1. The predicted molar refractivity (Wildman–Crippen MR) is 73.7 cm³/mol. The Kier molecular flexibility index (Phi) is 3.76. The smallest absolute Gasteiger partial charge is 0.142 e. The van der Waals surface area contributed by atoms with Crippen LogP contribution in [0.4, 0.5) is 4.39 Å². The topological polar surface area (TPSA) is 20.2 Å². The third-order valence-corrected chi connectivity index (χ3v) is 4.61. The molecule has 2 rings (SSSR count). The second-order valence-corrected chi connectivity index (χ2v) is 5.89. The van der Waals surface area contributed by atoms with Crippen molar-refractivity contribution in [3.05, 3.63) is 56.5 Å². The molecule has 1 heterocycles. The summed E-state index contributed by atoms with van der Waals surface area (Å²) in [6.45, 7) is 3.68. The molecule has 1 unspecified atom stereocenters. The van der Waals surface area contributed by atoms with Gasteiger partial charge in [-0.25, -0.2) is 4.39 Å². The van der Waals surface area contributed by atoms with Crippen LogP contribution in [0.25, 0.3) is 0 Å². The number of rotatable bonds is 3. The van der Waals surface area contributed by atoms with Crippen LogP contribution in [0.3, 0.4) is 0 Å². The van der Waals surface area contributed by atoms with Gasteiger partial charge in [0.25, 0.3) is 0 Å². The van der Waals surface area contributed by atoms with Crippen molar-refractivity contribution in [2.45, 2.75) is 25.9 Å². The normalized spacial score (nSPS) is 14.5. The van der Waals surface area contributed by atoms with Crippen molar-refractivity contribution in [3.63, 3.8) is 0 Å². The molecule has 0 fully saturated rings. The van der Waals surface area contributed by atoms with E-state index in [4.69, 9.17) is 11.6 Å². The van der Waals surface area contributed by atoms with Crippen LogP contribution < -0.4 is 0 Å².